The first-order chi connectivity index (χ1) is 13.6. The molecule has 0 bridgehead atoms. The average molecular weight is 373 g/mol. The van der Waals surface area contributed by atoms with Crippen LogP contribution in [0.25, 0.3) is 11.5 Å². The lowest BCUT2D eigenvalue weighted by Crippen LogP contribution is -2.31. The molecule has 1 aromatic carbocycles. The third-order valence-corrected chi connectivity index (χ3v) is 4.21. The minimum absolute atomic E-state index is 0.0734. The summed E-state index contributed by atoms with van der Waals surface area (Å²) >= 11 is 0. The molecule has 1 atom stereocenters. The van der Waals surface area contributed by atoms with Gasteiger partial charge in [0.15, 0.2) is 0 Å². The first kappa shape index (κ1) is 17.2. The Bertz CT molecular complexity index is 1250. The lowest BCUT2D eigenvalue weighted by Gasteiger charge is -2.19. The lowest BCUT2D eigenvalue weighted by molar-refractivity contribution is 0.691. The van der Waals surface area contributed by atoms with Gasteiger partial charge in [0.2, 0.25) is 5.78 Å². The molecule has 0 spiro atoms. The van der Waals surface area contributed by atoms with Crippen molar-refractivity contribution >= 4 is 17.4 Å². The van der Waals surface area contributed by atoms with E-state index in [4.69, 9.17) is 5.73 Å². The minimum atomic E-state index is -0.490. The number of rotatable bonds is 4. The second kappa shape index (κ2) is 6.81. The molecule has 1 unspecified atom stereocenters. The number of imidazole rings is 1. The molecular weight excluding hydrogens is 358 g/mol. The van der Waals surface area contributed by atoms with Crippen LogP contribution in [0.1, 0.15) is 24.4 Å². The molecule has 0 amide bonds. The van der Waals surface area contributed by atoms with Crippen molar-refractivity contribution in [2.24, 2.45) is 0 Å². The summed E-state index contributed by atoms with van der Waals surface area (Å²) in [5, 5.41) is 12.4. The summed E-state index contributed by atoms with van der Waals surface area (Å²) in [4.78, 5) is 29.6. The maximum Gasteiger partial charge on any atom is 0.341 e. The first-order valence-corrected chi connectivity index (χ1v) is 8.38. The second-order valence-electron chi connectivity index (χ2n) is 5.98. The zero-order valence-electron chi connectivity index (χ0n) is 14.8. The smallest absolute Gasteiger partial charge is 0.341 e. The van der Waals surface area contributed by atoms with Crippen LogP contribution in [-0.4, -0.2) is 28.9 Å². The number of hydrogen-bond acceptors (Lipinski definition) is 8. The van der Waals surface area contributed by atoms with Gasteiger partial charge in [0.25, 0.3) is 0 Å². The molecule has 0 aliphatic rings. The van der Waals surface area contributed by atoms with E-state index >= 15 is 0 Å². The van der Waals surface area contributed by atoms with Crippen LogP contribution in [0.4, 0.5) is 11.6 Å². The van der Waals surface area contributed by atoms with E-state index in [1.54, 1.807) is 13.1 Å². The number of para-hydroxylation sites is 1. The fourth-order valence-corrected chi connectivity index (χ4v) is 2.88. The summed E-state index contributed by atoms with van der Waals surface area (Å²) in [7, 11) is 0. The van der Waals surface area contributed by atoms with Crippen LogP contribution in [0.15, 0.2) is 53.8 Å². The van der Waals surface area contributed by atoms with Gasteiger partial charge in [-0.05, 0) is 19.1 Å². The number of benzene rings is 1. The highest BCUT2D eigenvalue weighted by Gasteiger charge is 2.20. The van der Waals surface area contributed by atoms with Crippen LogP contribution in [0, 0.1) is 11.3 Å². The zero-order valence-corrected chi connectivity index (χ0v) is 14.8. The number of nitriles is 1. The van der Waals surface area contributed by atoms with Gasteiger partial charge in [0.1, 0.15) is 35.4 Å². The Labute approximate surface area is 159 Å². The minimum Gasteiger partial charge on any atom is -0.382 e. The van der Waals surface area contributed by atoms with E-state index < -0.39 is 6.04 Å². The van der Waals surface area contributed by atoms with Crippen molar-refractivity contribution in [2.45, 2.75) is 13.0 Å². The SMILES string of the molecule is CC(Nc1ncnc(N)c1C#N)c1nc2nccn2c(=O)n1-c1ccccc1. The molecule has 28 heavy (non-hydrogen) atoms. The normalized spacial score (nSPS) is 11.9. The molecule has 10 heteroatoms. The summed E-state index contributed by atoms with van der Waals surface area (Å²) in [6.45, 7) is 1.81. The quantitative estimate of drug-likeness (QED) is 0.545. The van der Waals surface area contributed by atoms with Crippen LogP contribution in [0.2, 0.25) is 0 Å². The first-order valence-electron chi connectivity index (χ1n) is 8.38. The predicted octanol–water partition coefficient (Wildman–Crippen LogP) is 1.30. The summed E-state index contributed by atoms with van der Waals surface area (Å²) < 4.78 is 2.86. The third-order valence-electron chi connectivity index (χ3n) is 4.21. The second-order valence-corrected chi connectivity index (χ2v) is 5.98. The summed E-state index contributed by atoms with van der Waals surface area (Å²) in [6, 6.07) is 10.6. The molecule has 3 N–H and O–H groups in total. The number of fused-ring (bicyclic) bond motifs is 1. The number of nitrogens with zero attached hydrogens (tertiary/aromatic N) is 7. The van der Waals surface area contributed by atoms with E-state index in [9.17, 15) is 10.1 Å². The molecule has 0 aliphatic carbocycles. The van der Waals surface area contributed by atoms with Crippen molar-refractivity contribution in [3.63, 3.8) is 0 Å². The van der Waals surface area contributed by atoms with Crippen molar-refractivity contribution in [1.82, 2.24) is 28.9 Å². The Balaban J connectivity index is 1.88. The molecule has 0 saturated carbocycles. The van der Waals surface area contributed by atoms with Crippen LogP contribution in [0.5, 0.6) is 0 Å². The third kappa shape index (κ3) is 2.80. The largest absolute Gasteiger partial charge is 0.382 e. The zero-order chi connectivity index (χ0) is 19.7. The van der Waals surface area contributed by atoms with Gasteiger partial charge in [0, 0.05) is 12.4 Å². The van der Waals surface area contributed by atoms with Crippen LogP contribution in [-0.2, 0) is 0 Å². The Morgan fingerprint density at radius 3 is 2.75 bits per heavy atom. The fraction of sp³-hybridized carbons (Fsp3) is 0.111. The van der Waals surface area contributed by atoms with E-state index in [0.29, 0.717) is 11.5 Å². The molecule has 3 aromatic heterocycles. The number of nitrogen functional groups attached to an aromatic ring is 1. The van der Waals surface area contributed by atoms with E-state index in [1.807, 2.05) is 36.4 Å². The van der Waals surface area contributed by atoms with Crippen molar-refractivity contribution in [2.75, 3.05) is 11.1 Å². The predicted molar refractivity (Wildman–Crippen MR) is 102 cm³/mol. The summed E-state index contributed by atoms with van der Waals surface area (Å²) in [5.74, 6) is 1.03. The number of nitrogens with one attached hydrogen (secondary N) is 1. The maximum absolute atomic E-state index is 13.1. The van der Waals surface area contributed by atoms with E-state index in [0.717, 1.165) is 0 Å². The Hall–Kier alpha value is -4.26. The van der Waals surface area contributed by atoms with Gasteiger partial charge in [-0.2, -0.15) is 10.2 Å². The van der Waals surface area contributed by atoms with E-state index in [2.05, 4.69) is 25.3 Å². The Morgan fingerprint density at radius 2 is 2.00 bits per heavy atom. The highest BCUT2D eigenvalue weighted by Crippen LogP contribution is 2.22. The molecule has 0 saturated heterocycles. The summed E-state index contributed by atoms with van der Waals surface area (Å²) in [5.41, 5.74) is 6.23. The number of hydrogen-bond donors (Lipinski definition) is 2. The van der Waals surface area contributed by atoms with Gasteiger partial charge < -0.3 is 11.1 Å². The van der Waals surface area contributed by atoms with Gasteiger partial charge in [-0.15, -0.1) is 0 Å². The lowest BCUT2D eigenvalue weighted by atomic mass is 10.2. The Kier molecular flexibility index (Phi) is 4.17. The molecular formula is C18H15N9O. The molecule has 10 nitrogen and oxygen atoms in total. The molecule has 3 heterocycles. The molecule has 0 fully saturated rings. The highest BCUT2D eigenvalue weighted by molar-refractivity contribution is 5.62. The molecule has 138 valence electrons. The number of nitrogens with two attached hydrogens (primary N) is 1. The van der Waals surface area contributed by atoms with Crippen LogP contribution < -0.4 is 16.7 Å². The number of aromatic nitrogens is 6. The van der Waals surface area contributed by atoms with Crippen LogP contribution in [0.3, 0.4) is 0 Å². The van der Waals surface area contributed by atoms with E-state index in [-0.39, 0.29) is 28.7 Å². The van der Waals surface area contributed by atoms with Gasteiger partial charge in [-0.1, -0.05) is 18.2 Å². The van der Waals surface area contributed by atoms with Crippen molar-refractivity contribution in [3.05, 3.63) is 70.9 Å². The van der Waals surface area contributed by atoms with Gasteiger partial charge in [-0.25, -0.2) is 28.7 Å². The maximum atomic E-state index is 13.1. The fourth-order valence-electron chi connectivity index (χ4n) is 2.88. The number of anilines is 2. The van der Waals surface area contributed by atoms with Gasteiger partial charge >= 0.3 is 5.69 Å². The highest BCUT2D eigenvalue weighted by atomic mass is 16.1. The molecule has 4 rings (SSSR count). The molecule has 4 aromatic rings. The summed E-state index contributed by atoms with van der Waals surface area (Å²) in [6.07, 6.45) is 4.34. The van der Waals surface area contributed by atoms with Gasteiger partial charge in [0.05, 0.1) is 11.7 Å². The standard InChI is InChI=1S/C18H15N9O/c1-11(24-15-13(9-19)14(20)22-10-23-15)16-25-17-21-7-8-26(17)18(28)27(16)12-5-3-2-4-6-12/h2-8,10-11H,1H3,(H3,20,22,23,24). The van der Waals surface area contributed by atoms with Crippen LogP contribution >= 0.6 is 0 Å². The van der Waals surface area contributed by atoms with E-state index in [1.165, 1.54) is 21.5 Å². The average Bonchev–Trinajstić information content (AvgIpc) is 3.18. The van der Waals surface area contributed by atoms with Crippen molar-refractivity contribution < 1.29 is 0 Å². The monoisotopic (exact) mass is 373 g/mol. The van der Waals surface area contributed by atoms with Crippen molar-refractivity contribution in [3.8, 4) is 11.8 Å². The molecule has 0 radical (unpaired) electrons. The topological polar surface area (TPSA) is 140 Å². The molecule has 0 aliphatic heterocycles. The van der Waals surface area contributed by atoms with Gasteiger partial charge in [-0.3, -0.25) is 0 Å². The Morgan fingerprint density at radius 1 is 1.21 bits per heavy atom. The van der Waals surface area contributed by atoms with Crippen molar-refractivity contribution in [1.29, 1.82) is 5.26 Å².